The molecule has 0 unspecified atom stereocenters. The molecule has 4 rings (SSSR count). The summed E-state index contributed by atoms with van der Waals surface area (Å²) in [7, 11) is 4.37. The largest absolute Gasteiger partial charge is 0.496 e. The lowest BCUT2D eigenvalue weighted by Crippen LogP contribution is -2.40. The van der Waals surface area contributed by atoms with Crippen molar-refractivity contribution in [2.75, 3.05) is 27.9 Å². The highest BCUT2D eigenvalue weighted by Crippen LogP contribution is 2.37. The number of allylic oxidation sites excluding steroid dienone is 1. The summed E-state index contributed by atoms with van der Waals surface area (Å²) in [6.45, 7) is 4.11. The maximum Gasteiger partial charge on any atom is 0.338 e. The van der Waals surface area contributed by atoms with Crippen LogP contribution in [-0.2, 0) is 9.53 Å². The Morgan fingerprint density at radius 1 is 1.11 bits per heavy atom. The number of hydrogen-bond acceptors (Lipinski definition) is 8. The Morgan fingerprint density at radius 3 is 2.50 bits per heavy atom. The smallest absolute Gasteiger partial charge is 0.338 e. The quantitative estimate of drug-likeness (QED) is 0.436. The molecule has 0 bridgehead atoms. The summed E-state index contributed by atoms with van der Waals surface area (Å²) >= 11 is 7.53. The average Bonchev–Trinajstić information content (AvgIpc) is 3.17. The molecule has 188 valence electrons. The van der Waals surface area contributed by atoms with Crippen molar-refractivity contribution in [2.24, 2.45) is 4.99 Å². The minimum absolute atomic E-state index is 0.236. The third-order valence-corrected chi connectivity index (χ3v) is 6.92. The molecule has 0 aliphatic carbocycles. The van der Waals surface area contributed by atoms with Crippen LogP contribution in [-0.4, -0.2) is 38.5 Å². The molecule has 3 aromatic rings. The second-order valence-corrected chi connectivity index (χ2v) is 9.25. The Balaban J connectivity index is 1.96. The third-order valence-electron chi connectivity index (χ3n) is 5.70. The maximum absolute atomic E-state index is 13.8. The van der Waals surface area contributed by atoms with E-state index in [9.17, 15) is 9.59 Å². The topological polar surface area (TPSA) is 88.4 Å². The fourth-order valence-electron chi connectivity index (χ4n) is 4.11. The van der Waals surface area contributed by atoms with E-state index in [0.717, 1.165) is 5.56 Å². The van der Waals surface area contributed by atoms with Gasteiger partial charge in [0.25, 0.3) is 5.56 Å². The van der Waals surface area contributed by atoms with E-state index < -0.39 is 12.0 Å². The molecule has 0 amide bonds. The summed E-state index contributed by atoms with van der Waals surface area (Å²) in [5.74, 6) is 1.06. The first kappa shape index (κ1) is 25.5. The summed E-state index contributed by atoms with van der Waals surface area (Å²) in [5, 5.41) is 0.438. The summed E-state index contributed by atoms with van der Waals surface area (Å²) in [5.41, 5.74) is 1.67. The molecule has 1 aromatic heterocycles. The number of fused-ring (bicyclic) bond motifs is 1. The van der Waals surface area contributed by atoms with Crippen molar-refractivity contribution in [2.45, 2.75) is 19.9 Å². The number of rotatable bonds is 7. The van der Waals surface area contributed by atoms with Crippen LogP contribution in [0.3, 0.4) is 0 Å². The maximum atomic E-state index is 13.8. The molecule has 10 heteroatoms. The highest BCUT2D eigenvalue weighted by molar-refractivity contribution is 7.07. The molecule has 2 heterocycles. The van der Waals surface area contributed by atoms with Gasteiger partial charge >= 0.3 is 5.97 Å². The molecule has 1 aliphatic heterocycles. The van der Waals surface area contributed by atoms with Crippen LogP contribution in [0.5, 0.6) is 17.2 Å². The van der Waals surface area contributed by atoms with Crippen molar-refractivity contribution >= 4 is 35.0 Å². The summed E-state index contributed by atoms with van der Waals surface area (Å²) in [6.07, 6.45) is 1.76. The van der Waals surface area contributed by atoms with Crippen LogP contribution in [0.15, 0.2) is 57.5 Å². The molecule has 0 spiro atoms. The fourth-order valence-corrected chi connectivity index (χ4v) is 5.33. The Bertz CT molecular complexity index is 1540. The average molecular weight is 529 g/mol. The van der Waals surface area contributed by atoms with Gasteiger partial charge in [0.1, 0.15) is 11.8 Å². The van der Waals surface area contributed by atoms with E-state index >= 15 is 0 Å². The number of nitrogens with zero attached hydrogens (tertiary/aromatic N) is 2. The zero-order valence-electron chi connectivity index (χ0n) is 20.5. The normalized spacial score (nSPS) is 15.3. The van der Waals surface area contributed by atoms with Gasteiger partial charge in [0.15, 0.2) is 16.3 Å². The highest BCUT2D eigenvalue weighted by Gasteiger charge is 2.35. The van der Waals surface area contributed by atoms with Gasteiger partial charge in [-0.2, -0.15) is 0 Å². The van der Waals surface area contributed by atoms with Crippen LogP contribution in [0, 0.1) is 0 Å². The van der Waals surface area contributed by atoms with Gasteiger partial charge < -0.3 is 18.9 Å². The van der Waals surface area contributed by atoms with Gasteiger partial charge in [-0.15, -0.1) is 0 Å². The molecule has 0 radical (unpaired) electrons. The second kappa shape index (κ2) is 10.6. The molecule has 0 fully saturated rings. The minimum Gasteiger partial charge on any atom is -0.496 e. The standard InChI is InChI=1S/C26H25ClN2O6S/c1-6-35-19-9-7-15(11-20(19)33-4)12-21-24(30)29-23(17-13-16(27)8-10-18(17)32-3)22(25(31)34-5)14(2)28-26(29)36-21/h7-13,23H,6H2,1-5H3/b21-12-/t23-/m1/s1. The van der Waals surface area contributed by atoms with E-state index in [1.54, 1.807) is 50.4 Å². The van der Waals surface area contributed by atoms with E-state index in [1.807, 2.05) is 13.0 Å². The van der Waals surface area contributed by atoms with Crippen molar-refractivity contribution in [3.63, 3.8) is 0 Å². The summed E-state index contributed by atoms with van der Waals surface area (Å²) in [4.78, 5) is 31.6. The molecule has 1 aliphatic rings. The second-order valence-electron chi connectivity index (χ2n) is 7.80. The van der Waals surface area contributed by atoms with Crippen LogP contribution in [0.25, 0.3) is 6.08 Å². The first-order valence-electron chi connectivity index (χ1n) is 11.1. The lowest BCUT2D eigenvalue weighted by molar-refractivity contribution is -0.136. The van der Waals surface area contributed by atoms with Gasteiger partial charge in [-0.1, -0.05) is 29.0 Å². The van der Waals surface area contributed by atoms with Crippen LogP contribution in [0.1, 0.15) is 31.0 Å². The van der Waals surface area contributed by atoms with E-state index in [1.165, 1.54) is 30.1 Å². The SMILES string of the molecule is CCOc1ccc(/C=c2\sc3n(c2=O)[C@H](c2cc(Cl)ccc2OC)C(C(=O)OC)=C(C)N=3)cc1OC. The summed E-state index contributed by atoms with van der Waals surface area (Å²) < 4.78 is 23.5. The molecular formula is C26H25ClN2O6S. The minimum atomic E-state index is -0.834. The van der Waals surface area contributed by atoms with Gasteiger partial charge in [0, 0.05) is 10.6 Å². The van der Waals surface area contributed by atoms with Crippen molar-refractivity contribution in [1.29, 1.82) is 0 Å². The van der Waals surface area contributed by atoms with Gasteiger partial charge in [0.05, 0.1) is 43.7 Å². The van der Waals surface area contributed by atoms with E-state index in [0.29, 0.717) is 49.5 Å². The van der Waals surface area contributed by atoms with Gasteiger partial charge in [0.2, 0.25) is 0 Å². The van der Waals surface area contributed by atoms with E-state index in [-0.39, 0.29) is 11.1 Å². The first-order chi connectivity index (χ1) is 17.3. The van der Waals surface area contributed by atoms with E-state index in [4.69, 9.17) is 30.5 Å². The van der Waals surface area contributed by atoms with Crippen molar-refractivity contribution in [3.8, 4) is 17.2 Å². The first-order valence-corrected chi connectivity index (χ1v) is 12.3. The number of esters is 1. The fraction of sp³-hybridized carbons (Fsp3) is 0.269. The Hall–Kier alpha value is -3.56. The molecule has 0 saturated carbocycles. The summed E-state index contributed by atoms with van der Waals surface area (Å²) in [6, 6.07) is 9.66. The van der Waals surface area contributed by atoms with Gasteiger partial charge in [-0.25, -0.2) is 9.79 Å². The number of benzene rings is 2. The molecule has 0 saturated heterocycles. The number of hydrogen-bond donors (Lipinski definition) is 0. The molecular weight excluding hydrogens is 504 g/mol. The van der Waals surface area contributed by atoms with Crippen molar-refractivity contribution in [1.82, 2.24) is 4.57 Å². The number of carbonyl (C=O) groups excluding carboxylic acids is 1. The highest BCUT2D eigenvalue weighted by atomic mass is 35.5. The number of ether oxygens (including phenoxy) is 4. The monoisotopic (exact) mass is 528 g/mol. The molecule has 1 atom stereocenters. The number of thiazole rings is 1. The third kappa shape index (κ3) is 4.64. The zero-order chi connectivity index (χ0) is 26.0. The van der Waals surface area contributed by atoms with Crippen molar-refractivity contribution < 1.29 is 23.7 Å². The number of carbonyl (C=O) groups is 1. The van der Waals surface area contributed by atoms with Crippen LogP contribution < -0.4 is 29.1 Å². The molecule has 8 nitrogen and oxygen atoms in total. The number of aromatic nitrogens is 1. The van der Waals surface area contributed by atoms with Crippen LogP contribution in [0.4, 0.5) is 0 Å². The molecule has 2 aromatic carbocycles. The van der Waals surface area contributed by atoms with E-state index in [2.05, 4.69) is 4.99 Å². The van der Waals surface area contributed by atoms with Gasteiger partial charge in [-0.05, 0) is 55.8 Å². The number of halogens is 1. The van der Waals surface area contributed by atoms with Gasteiger partial charge in [-0.3, -0.25) is 9.36 Å². The Kier molecular flexibility index (Phi) is 7.51. The molecule has 36 heavy (non-hydrogen) atoms. The lowest BCUT2D eigenvalue weighted by atomic mass is 9.95. The van der Waals surface area contributed by atoms with Crippen LogP contribution >= 0.6 is 22.9 Å². The lowest BCUT2D eigenvalue weighted by Gasteiger charge is -2.25. The predicted molar refractivity (Wildman–Crippen MR) is 138 cm³/mol. The molecule has 0 N–H and O–H groups in total. The Morgan fingerprint density at radius 2 is 1.83 bits per heavy atom. The Labute approximate surface area is 216 Å². The zero-order valence-corrected chi connectivity index (χ0v) is 22.0. The van der Waals surface area contributed by atoms with Crippen LogP contribution in [0.2, 0.25) is 5.02 Å². The van der Waals surface area contributed by atoms with Crippen molar-refractivity contribution in [3.05, 3.63) is 83.5 Å². The number of methoxy groups -OCH3 is 3. The predicted octanol–water partition coefficient (Wildman–Crippen LogP) is 3.48.